The number of carbonyl (C=O) groups is 1. The molecule has 0 spiro atoms. The third-order valence-electron chi connectivity index (χ3n) is 3.95. The molecule has 3 rings (SSSR count). The van der Waals surface area contributed by atoms with E-state index in [1.165, 1.54) is 0 Å². The van der Waals surface area contributed by atoms with Gasteiger partial charge in [0.15, 0.2) is 0 Å². The van der Waals surface area contributed by atoms with Crippen LogP contribution < -0.4 is 10.2 Å². The van der Waals surface area contributed by atoms with Crippen LogP contribution in [0.15, 0.2) is 84.9 Å². The number of nitriles is 1. The van der Waals surface area contributed by atoms with Gasteiger partial charge in [-0.3, -0.25) is 4.79 Å². The summed E-state index contributed by atoms with van der Waals surface area (Å²) in [5, 5.41) is 11.9. The number of amides is 1. The van der Waals surface area contributed by atoms with Gasteiger partial charge < -0.3 is 10.2 Å². The summed E-state index contributed by atoms with van der Waals surface area (Å²) in [6.45, 7) is 0.853. The summed E-state index contributed by atoms with van der Waals surface area (Å²) in [7, 11) is 0. The zero-order chi connectivity index (χ0) is 18.2. The number of anilines is 2. The second-order valence-corrected chi connectivity index (χ2v) is 5.92. The van der Waals surface area contributed by atoms with Crippen molar-refractivity contribution in [2.75, 3.05) is 16.8 Å². The molecule has 0 aliphatic heterocycles. The summed E-state index contributed by atoms with van der Waals surface area (Å²) in [5.74, 6) is -0.125. The van der Waals surface area contributed by atoms with Gasteiger partial charge in [0.25, 0.3) is 0 Å². The Kier molecular flexibility index (Phi) is 5.64. The van der Waals surface area contributed by atoms with E-state index in [0.717, 1.165) is 11.3 Å². The van der Waals surface area contributed by atoms with Crippen molar-refractivity contribution < 1.29 is 4.79 Å². The first-order valence-electron chi connectivity index (χ1n) is 8.38. The van der Waals surface area contributed by atoms with Crippen molar-refractivity contribution in [3.05, 3.63) is 96.1 Å². The number of hydrogen-bond acceptors (Lipinski definition) is 3. The van der Waals surface area contributed by atoms with Gasteiger partial charge in [0, 0.05) is 17.9 Å². The molecule has 4 nitrogen and oxygen atoms in total. The fraction of sp³-hybridized carbons (Fsp3) is 0.0909. The van der Waals surface area contributed by atoms with Crippen LogP contribution in [0.3, 0.4) is 0 Å². The smallest absolute Gasteiger partial charge is 0.243 e. The van der Waals surface area contributed by atoms with Crippen LogP contribution in [0.2, 0.25) is 0 Å². The van der Waals surface area contributed by atoms with Crippen molar-refractivity contribution in [3.8, 4) is 6.07 Å². The van der Waals surface area contributed by atoms with Crippen LogP contribution >= 0.6 is 0 Å². The molecule has 3 aromatic carbocycles. The zero-order valence-corrected chi connectivity index (χ0v) is 14.3. The Labute approximate surface area is 153 Å². The molecule has 128 valence electrons. The number of nitrogens with zero attached hydrogens (tertiary/aromatic N) is 2. The summed E-state index contributed by atoms with van der Waals surface area (Å²) < 4.78 is 0. The van der Waals surface area contributed by atoms with Gasteiger partial charge >= 0.3 is 0 Å². The standard InChI is InChI=1S/C22H19N3O/c23-15-19-10-7-11-20(14-19)24-22(26)17-25(21-12-5-2-6-13-21)16-18-8-3-1-4-9-18/h1-14H,16-17H2,(H,24,26). The SMILES string of the molecule is N#Cc1cccc(NC(=O)CN(Cc2ccccc2)c2ccccc2)c1. The molecule has 0 fully saturated rings. The summed E-state index contributed by atoms with van der Waals surface area (Å²) in [5.41, 5.74) is 3.27. The largest absolute Gasteiger partial charge is 0.358 e. The van der Waals surface area contributed by atoms with Gasteiger partial charge in [0.1, 0.15) is 0 Å². The average Bonchev–Trinajstić information content (AvgIpc) is 2.69. The van der Waals surface area contributed by atoms with E-state index in [1.807, 2.05) is 65.6 Å². The highest BCUT2D eigenvalue weighted by molar-refractivity contribution is 5.94. The zero-order valence-electron chi connectivity index (χ0n) is 14.3. The molecule has 1 amide bonds. The highest BCUT2D eigenvalue weighted by Crippen LogP contribution is 2.17. The monoisotopic (exact) mass is 341 g/mol. The van der Waals surface area contributed by atoms with E-state index in [1.54, 1.807) is 24.3 Å². The van der Waals surface area contributed by atoms with Gasteiger partial charge in [-0.05, 0) is 35.9 Å². The molecule has 0 radical (unpaired) electrons. The van der Waals surface area contributed by atoms with E-state index in [9.17, 15) is 4.79 Å². The van der Waals surface area contributed by atoms with E-state index in [0.29, 0.717) is 17.8 Å². The van der Waals surface area contributed by atoms with Crippen molar-refractivity contribution >= 4 is 17.3 Å². The summed E-state index contributed by atoms with van der Waals surface area (Å²) >= 11 is 0. The maximum atomic E-state index is 12.6. The van der Waals surface area contributed by atoms with E-state index in [-0.39, 0.29) is 12.5 Å². The van der Waals surface area contributed by atoms with Gasteiger partial charge in [-0.15, -0.1) is 0 Å². The van der Waals surface area contributed by atoms with Gasteiger partial charge in [-0.1, -0.05) is 54.6 Å². The predicted octanol–water partition coefficient (Wildman–Crippen LogP) is 4.20. The van der Waals surface area contributed by atoms with Crippen LogP contribution in [0.4, 0.5) is 11.4 Å². The van der Waals surface area contributed by atoms with E-state index >= 15 is 0 Å². The second-order valence-electron chi connectivity index (χ2n) is 5.92. The lowest BCUT2D eigenvalue weighted by Gasteiger charge is -2.24. The van der Waals surface area contributed by atoms with E-state index < -0.39 is 0 Å². The Morgan fingerprint density at radius 1 is 0.923 bits per heavy atom. The van der Waals surface area contributed by atoms with Crippen molar-refractivity contribution in [1.82, 2.24) is 0 Å². The van der Waals surface area contributed by atoms with Gasteiger partial charge in [-0.2, -0.15) is 5.26 Å². The molecule has 0 unspecified atom stereocenters. The minimum Gasteiger partial charge on any atom is -0.358 e. The summed E-state index contributed by atoms with van der Waals surface area (Å²) in [6, 6.07) is 28.9. The maximum absolute atomic E-state index is 12.6. The van der Waals surface area contributed by atoms with Crippen LogP contribution in [0.25, 0.3) is 0 Å². The molecule has 0 atom stereocenters. The molecular formula is C22H19N3O. The number of rotatable bonds is 6. The number of carbonyl (C=O) groups excluding carboxylic acids is 1. The molecule has 0 heterocycles. The number of benzene rings is 3. The number of nitrogens with one attached hydrogen (secondary N) is 1. The second kappa shape index (κ2) is 8.50. The third-order valence-corrected chi connectivity index (χ3v) is 3.95. The van der Waals surface area contributed by atoms with Crippen LogP contribution in [-0.4, -0.2) is 12.5 Å². The van der Waals surface area contributed by atoms with Crippen LogP contribution in [0.1, 0.15) is 11.1 Å². The molecule has 26 heavy (non-hydrogen) atoms. The first-order valence-corrected chi connectivity index (χ1v) is 8.38. The van der Waals surface area contributed by atoms with Crippen LogP contribution in [0, 0.1) is 11.3 Å². The summed E-state index contributed by atoms with van der Waals surface area (Å²) in [4.78, 5) is 14.6. The van der Waals surface area contributed by atoms with Gasteiger partial charge in [-0.25, -0.2) is 0 Å². The number of hydrogen-bond donors (Lipinski definition) is 1. The van der Waals surface area contributed by atoms with Crippen molar-refractivity contribution in [2.24, 2.45) is 0 Å². The predicted molar refractivity (Wildman–Crippen MR) is 104 cm³/mol. The lowest BCUT2D eigenvalue weighted by atomic mass is 10.2. The Bertz CT molecular complexity index is 901. The first-order chi connectivity index (χ1) is 12.7. The van der Waals surface area contributed by atoms with Crippen molar-refractivity contribution in [2.45, 2.75) is 6.54 Å². The van der Waals surface area contributed by atoms with E-state index in [2.05, 4.69) is 11.4 Å². The highest BCUT2D eigenvalue weighted by atomic mass is 16.2. The molecular weight excluding hydrogens is 322 g/mol. The lowest BCUT2D eigenvalue weighted by molar-refractivity contribution is -0.115. The number of para-hydroxylation sites is 1. The molecule has 0 aliphatic carbocycles. The van der Waals surface area contributed by atoms with Crippen LogP contribution in [-0.2, 0) is 11.3 Å². The van der Waals surface area contributed by atoms with Crippen molar-refractivity contribution in [3.63, 3.8) is 0 Å². The Hall–Kier alpha value is -3.58. The fourth-order valence-corrected chi connectivity index (χ4v) is 2.72. The topological polar surface area (TPSA) is 56.1 Å². The van der Waals surface area contributed by atoms with Crippen molar-refractivity contribution in [1.29, 1.82) is 5.26 Å². The molecule has 0 saturated heterocycles. The van der Waals surface area contributed by atoms with E-state index in [4.69, 9.17) is 5.26 Å². The quantitative estimate of drug-likeness (QED) is 0.731. The third kappa shape index (κ3) is 4.71. The molecule has 4 heteroatoms. The highest BCUT2D eigenvalue weighted by Gasteiger charge is 2.12. The molecule has 0 saturated carbocycles. The fourth-order valence-electron chi connectivity index (χ4n) is 2.72. The molecule has 3 aromatic rings. The first kappa shape index (κ1) is 17.2. The summed E-state index contributed by atoms with van der Waals surface area (Å²) in [6.07, 6.45) is 0. The maximum Gasteiger partial charge on any atom is 0.243 e. The Morgan fingerprint density at radius 3 is 2.31 bits per heavy atom. The average molecular weight is 341 g/mol. The van der Waals surface area contributed by atoms with Crippen LogP contribution in [0.5, 0.6) is 0 Å². The van der Waals surface area contributed by atoms with Gasteiger partial charge in [0.2, 0.25) is 5.91 Å². The van der Waals surface area contributed by atoms with Gasteiger partial charge in [0.05, 0.1) is 18.2 Å². The Morgan fingerprint density at radius 2 is 1.62 bits per heavy atom. The minimum absolute atomic E-state index is 0.125. The minimum atomic E-state index is -0.125. The molecule has 0 bridgehead atoms. The molecule has 1 N–H and O–H groups in total. The molecule has 0 aliphatic rings. The normalized spacial score (nSPS) is 9.96. The molecule has 0 aromatic heterocycles. The lowest BCUT2D eigenvalue weighted by Crippen LogP contribution is -2.32. The Balaban J connectivity index is 1.74.